The molecule has 1 aliphatic rings. The Morgan fingerprint density at radius 3 is 2.65 bits per heavy atom. The van der Waals surface area contributed by atoms with Gasteiger partial charge in [-0.3, -0.25) is 4.98 Å². The van der Waals surface area contributed by atoms with E-state index >= 15 is 0 Å². The summed E-state index contributed by atoms with van der Waals surface area (Å²) in [5.41, 5.74) is 2.62. The van der Waals surface area contributed by atoms with Crippen LogP contribution in [0.1, 0.15) is 48.3 Å². The highest BCUT2D eigenvalue weighted by molar-refractivity contribution is 5.48. The van der Waals surface area contributed by atoms with Crippen molar-refractivity contribution in [2.45, 2.75) is 32.5 Å². The summed E-state index contributed by atoms with van der Waals surface area (Å²) in [7, 11) is 0. The van der Waals surface area contributed by atoms with Gasteiger partial charge in [-0.25, -0.2) is 4.39 Å². The van der Waals surface area contributed by atoms with Crippen molar-refractivity contribution < 1.29 is 14.2 Å². The summed E-state index contributed by atoms with van der Waals surface area (Å²) in [5, 5.41) is 19.8. The molecule has 0 amide bonds. The summed E-state index contributed by atoms with van der Waals surface area (Å²) in [4.78, 5) is 4.31. The third-order valence-corrected chi connectivity index (χ3v) is 4.17. The fourth-order valence-electron chi connectivity index (χ4n) is 2.87. The number of rotatable bonds is 3. The van der Waals surface area contributed by atoms with E-state index in [4.69, 9.17) is 4.74 Å². The summed E-state index contributed by atoms with van der Waals surface area (Å²) in [5.74, 6) is -0.693. The van der Waals surface area contributed by atoms with E-state index in [2.05, 4.69) is 11.1 Å². The van der Waals surface area contributed by atoms with E-state index in [9.17, 15) is 14.8 Å². The van der Waals surface area contributed by atoms with Crippen LogP contribution in [0.25, 0.3) is 0 Å². The van der Waals surface area contributed by atoms with Gasteiger partial charge in [0.05, 0.1) is 24.3 Å². The molecule has 0 saturated carbocycles. The first-order valence-corrected chi connectivity index (χ1v) is 7.50. The maximum atomic E-state index is 13.1. The first kappa shape index (κ1) is 15.4. The maximum absolute atomic E-state index is 13.1. The molecule has 0 radical (unpaired) electrons. The summed E-state index contributed by atoms with van der Waals surface area (Å²) in [6, 6.07) is 8.27. The number of nitriles is 1. The molecular weight excluding hydrogens is 295 g/mol. The Balaban J connectivity index is 2.01. The summed E-state index contributed by atoms with van der Waals surface area (Å²) in [6.07, 6.45) is 1.27. The molecule has 0 fully saturated rings. The van der Waals surface area contributed by atoms with Crippen molar-refractivity contribution in [3.05, 3.63) is 58.7 Å². The number of nitrogens with zero attached hydrogens (tertiary/aromatic N) is 2. The third kappa shape index (κ3) is 2.66. The molecule has 0 spiro atoms. The smallest absolute Gasteiger partial charge is 0.144 e. The minimum atomic E-state index is -0.467. The van der Waals surface area contributed by atoms with Crippen LogP contribution in [0.5, 0.6) is 5.75 Å². The van der Waals surface area contributed by atoms with E-state index < -0.39 is 5.92 Å². The molecule has 2 atom stereocenters. The number of hydrogen-bond acceptors (Lipinski definition) is 4. The molecule has 2 unspecified atom stereocenters. The van der Waals surface area contributed by atoms with Crippen LogP contribution in [0.4, 0.5) is 4.39 Å². The van der Waals surface area contributed by atoms with E-state index in [0.29, 0.717) is 11.3 Å². The van der Waals surface area contributed by atoms with Gasteiger partial charge < -0.3 is 9.84 Å². The van der Waals surface area contributed by atoms with Crippen molar-refractivity contribution in [3.63, 3.8) is 0 Å². The van der Waals surface area contributed by atoms with Gasteiger partial charge in [0.2, 0.25) is 0 Å². The Hall–Kier alpha value is -2.45. The van der Waals surface area contributed by atoms with Crippen molar-refractivity contribution in [2.24, 2.45) is 5.92 Å². The number of halogens is 1. The molecular formula is C18H17FN2O2. The Morgan fingerprint density at radius 1 is 1.35 bits per heavy atom. The molecule has 4 nitrogen and oxygen atoms in total. The topological polar surface area (TPSA) is 66.1 Å². The number of ether oxygens (including phenoxy) is 1. The molecule has 23 heavy (non-hydrogen) atoms. The maximum Gasteiger partial charge on any atom is 0.144 e. The van der Waals surface area contributed by atoms with Crippen LogP contribution in [-0.4, -0.2) is 10.1 Å². The second-order valence-corrected chi connectivity index (χ2v) is 6.02. The summed E-state index contributed by atoms with van der Waals surface area (Å²) >= 11 is 0. The predicted octanol–water partition coefficient (Wildman–Crippen LogP) is 3.81. The quantitative estimate of drug-likeness (QED) is 0.936. The van der Waals surface area contributed by atoms with Crippen LogP contribution in [0.3, 0.4) is 0 Å². The summed E-state index contributed by atoms with van der Waals surface area (Å²) in [6.45, 7) is 4.08. The molecule has 0 aliphatic carbocycles. The second-order valence-electron chi connectivity index (χ2n) is 6.02. The van der Waals surface area contributed by atoms with Crippen LogP contribution in [0, 0.1) is 23.1 Å². The zero-order valence-corrected chi connectivity index (χ0v) is 13.0. The lowest BCUT2D eigenvalue weighted by atomic mass is 9.90. The normalized spacial score (nSPS) is 17.8. The van der Waals surface area contributed by atoms with Gasteiger partial charge in [0, 0.05) is 17.3 Å². The third-order valence-electron chi connectivity index (χ3n) is 4.17. The lowest BCUT2D eigenvalue weighted by molar-refractivity contribution is 0.0931. The zero-order chi connectivity index (χ0) is 16.6. The standard InChI is InChI=1S/C18H17FN2O2/c1-10(2)13(7-20)16-17(22)15-9-23-18(14(15)8-21-16)11-3-5-12(19)6-4-11/h3-6,8,10,13,18,22H,9H2,1-2H3. The van der Waals surface area contributed by atoms with E-state index in [1.165, 1.54) is 12.1 Å². The highest BCUT2D eigenvalue weighted by atomic mass is 19.1. The van der Waals surface area contributed by atoms with Crippen LogP contribution < -0.4 is 0 Å². The van der Waals surface area contributed by atoms with Gasteiger partial charge in [-0.2, -0.15) is 5.26 Å². The Bertz CT molecular complexity index is 766. The average molecular weight is 312 g/mol. The zero-order valence-electron chi connectivity index (χ0n) is 13.0. The number of aromatic nitrogens is 1. The van der Waals surface area contributed by atoms with Crippen molar-refractivity contribution in [1.29, 1.82) is 5.26 Å². The van der Waals surface area contributed by atoms with Crippen LogP contribution in [0.15, 0.2) is 30.5 Å². The van der Waals surface area contributed by atoms with Gasteiger partial charge in [-0.15, -0.1) is 0 Å². The molecule has 2 aromatic rings. The van der Waals surface area contributed by atoms with Gasteiger partial charge in [0.1, 0.15) is 17.7 Å². The van der Waals surface area contributed by atoms with Crippen molar-refractivity contribution in [1.82, 2.24) is 4.98 Å². The second kappa shape index (κ2) is 5.98. The average Bonchev–Trinajstić information content (AvgIpc) is 2.95. The largest absolute Gasteiger partial charge is 0.506 e. The van der Waals surface area contributed by atoms with Crippen molar-refractivity contribution in [2.75, 3.05) is 0 Å². The number of hydrogen-bond donors (Lipinski definition) is 1. The SMILES string of the molecule is CC(C)C(C#N)c1ncc2c(c1O)COC2c1ccc(F)cc1. The lowest BCUT2D eigenvalue weighted by Gasteiger charge is -2.16. The number of benzene rings is 1. The molecule has 0 saturated heterocycles. The minimum absolute atomic E-state index is 0.0346. The highest BCUT2D eigenvalue weighted by Crippen LogP contribution is 2.42. The van der Waals surface area contributed by atoms with Gasteiger partial charge >= 0.3 is 0 Å². The Morgan fingerprint density at radius 2 is 2.04 bits per heavy atom. The Kier molecular flexibility index (Phi) is 4.01. The van der Waals surface area contributed by atoms with Gasteiger partial charge in [0.15, 0.2) is 0 Å². The fraction of sp³-hybridized carbons (Fsp3) is 0.333. The number of pyridine rings is 1. The van der Waals surface area contributed by atoms with Crippen molar-refractivity contribution >= 4 is 0 Å². The molecule has 1 N–H and O–H groups in total. The van der Waals surface area contributed by atoms with Gasteiger partial charge in [0.25, 0.3) is 0 Å². The molecule has 1 aromatic carbocycles. The predicted molar refractivity (Wildman–Crippen MR) is 82.1 cm³/mol. The molecule has 5 heteroatoms. The van der Waals surface area contributed by atoms with Gasteiger partial charge in [-0.05, 0) is 23.6 Å². The van der Waals surface area contributed by atoms with E-state index in [1.807, 2.05) is 13.8 Å². The fourth-order valence-corrected chi connectivity index (χ4v) is 2.87. The molecule has 0 bridgehead atoms. The van der Waals surface area contributed by atoms with E-state index in [1.54, 1.807) is 18.3 Å². The first-order chi connectivity index (χ1) is 11.0. The summed E-state index contributed by atoms with van der Waals surface area (Å²) < 4.78 is 18.8. The highest BCUT2D eigenvalue weighted by Gasteiger charge is 2.31. The molecule has 1 aliphatic heterocycles. The minimum Gasteiger partial charge on any atom is -0.506 e. The van der Waals surface area contributed by atoms with E-state index in [0.717, 1.165) is 11.1 Å². The van der Waals surface area contributed by atoms with Crippen LogP contribution in [0.2, 0.25) is 0 Å². The molecule has 1 aromatic heterocycles. The van der Waals surface area contributed by atoms with Crippen LogP contribution >= 0.6 is 0 Å². The molecule has 3 rings (SSSR count). The first-order valence-electron chi connectivity index (χ1n) is 7.50. The van der Waals surface area contributed by atoms with Gasteiger partial charge in [-0.1, -0.05) is 26.0 Å². The van der Waals surface area contributed by atoms with E-state index in [-0.39, 0.29) is 30.2 Å². The number of fused-ring (bicyclic) bond motifs is 1. The number of aromatic hydroxyl groups is 1. The molecule has 2 heterocycles. The Labute approximate surface area is 134 Å². The van der Waals surface area contributed by atoms with Crippen LogP contribution in [-0.2, 0) is 11.3 Å². The molecule has 118 valence electrons. The van der Waals surface area contributed by atoms with Crippen molar-refractivity contribution in [3.8, 4) is 11.8 Å². The monoisotopic (exact) mass is 312 g/mol. The lowest BCUT2D eigenvalue weighted by Crippen LogP contribution is -2.08.